The van der Waals surface area contributed by atoms with Crippen LogP contribution < -0.4 is 10.6 Å². The van der Waals surface area contributed by atoms with Crippen molar-refractivity contribution in [3.05, 3.63) is 0 Å². The molecule has 0 aromatic rings. The van der Waals surface area contributed by atoms with Crippen molar-refractivity contribution in [2.75, 3.05) is 19.8 Å². The van der Waals surface area contributed by atoms with E-state index in [1.54, 1.807) is 0 Å². The van der Waals surface area contributed by atoms with E-state index < -0.39 is 0 Å². The number of carbonyl (C=O) groups excluding carboxylic acids is 1. The van der Waals surface area contributed by atoms with Crippen molar-refractivity contribution >= 4 is 5.91 Å². The molecule has 1 rings (SSSR count). The van der Waals surface area contributed by atoms with Crippen molar-refractivity contribution in [3.63, 3.8) is 0 Å². The molecule has 1 atom stereocenters. The summed E-state index contributed by atoms with van der Waals surface area (Å²) in [5.74, 6) is 0.679. The van der Waals surface area contributed by atoms with Gasteiger partial charge in [-0.15, -0.1) is 0 Å². The Labute approximate surface area is 111 Å². The van der Waals surface area contributed by atoms with Crippen LogP contribution in [0.2, 0.25) is 0 Å². The summed E-state index contributed by atoms with van der Waals surface area (Å²) >= 11 is 0. The molecule has 0 aromatic carbocycles. The highest BCUT2D eigenvalue weighted by molar-refractivity contribution is 5.81. The third-order valence-corrected chi connectivity index (χ3v) is 3.24. The lowest BCUT2D eigenvalue weighted by atomic mass is 10.2. The third-order valence-electron chi connectivity index (χ3n) is 3.24. The SMILES string of the molecule is CC(C)COCCNC(C)C(=O)NC1CCCC1. The maximum Gasteiger partial charge on any atom is 0.237 e. The van der Waals surface area contributed by atoms with Gasteiger partial charge in [0.2, 0.25) is 5.91 Å². The minimum atomic E-state index is -0.131. The molecule has 1 fully saturated rings. The van der Waals surface area contributed by atoms with E-state index in [1.807, 2.05) is 6.92 Å². The topological polar surface area (TPSA) is 50.4 Å². The first-order chi connectivity index (χ1) is 8.59. The predicted octanol–water partition coefficient (Wildman–Crippen LogP) is 1.70. The Bertz CT molecular complexity index is 238. The second kappa shape index (κ2) is 8.48. The zero-order valence-electron chi connectivity index (χ0n) is 12.0. The molecule has 0 radical (unpaired) electrons. The maximum absolute atomic E-state index is 11.9. The first kappa shape index (κ1) is 15.4. The molecule has 1 unspecified atom stereocenters. The van der Waals surface area contributed by atoms with Gasteiger partial charge in [-0.3, -0.25) is 4.79 Å². The molecule has 0 saturated heterocycles. The highest BCUT2D eigenvalue weighted by Gasteiger charge is 2.19. The fraction of sp³-hybridized carbons (Fsp3) is 0.929. The number of ether oxygens (including phenoxy) is 1. The summed E-state index contributed by atoms with van der Waals surface area (Å²) in [5.41, 5.74) is 0. The van der Waals surface area contributed by atoms with Crippen molar-refractivity contribution in [2.24, 2.45) is 5.92 Å². The quantitative estimate of drug-likeness (QED) is 0.650. The van der Waals surface area contributed by atoms with Crippen molar-refractivity contribution in [1.82, 2.24) is 10.6 Å². The van der Waals surface area contributed by atoms with E-state index in [0.717, 1.165) is 26.0 Å². The van der Waals surface area contributed by atoms with Crippen LogP contribution in [0.25, 0.3) is 0 Å². The van der Waals surface area contributed by atoms with Crippen LogP contribution in [0, 0.1) is 5.92 Å². The smallest absolute Gasteiger partial charge is 0.237 e. The number of carbonyl (C=O) groups is 1. The van der Waals surface area contributed by atoms with Crippen LogP contribution in [0.1, 0.15) is 46.5 Å². The Hall–Kier alpha value is -0.610. The molecule has 1 aliphatic carbocycles. The molecule has 106 valence electrons. The van der Waals surface area contributed by atoms with Crippen LogP contribution >= 0.6 is 0 Å². The molecule has 1 amide bonds. The lowest BCUT2D eigenvalue weighted by Gasteiger charge is -2.17. The number of hydrogen-bond donors (Lipinski definition) is 2. The summed E-state index contributed by atoms with van der Waals surface area (Å²) in [5, 5.41) is 6.29. The van der Waals surface area contributed by atoms with E-state index in [2.05, 4.69) is 24.5 Å². The Morgan fingerprint density at radius 3 is 2.56 bits per heavy atom. The third kappa shape index (κ3) is 6.36. The molecule has 0 spiro atoms. The van der Waals surface area contributed by atoms with E-state index in [1.165, 1.54) is 12.8 Å². The molecule has 0 aliphatic heterocycles. The second-order valence-electron chi connectivity index (χ2n) is 5.63. The standard InChI is InChI=1S/C14H28N2O2/c1-11(2)10-18-9-8-15-12(3)14(17)16-13-6-4-5-7-13/h11-13,15H,4-10H2,1-3H3,(H,16,17). The fourth-order valence-electron chi connectivity index (χ4n) is 2.16. The zero-order chi connectivity index (χ0) is 13.4. The Kier molecular flexibility index (Phi) is 7.28. The fourth-order valence-corrected chi connectivity index (χ4v) is 2.16. The van der Waals surface area contributed by atoms with E-state index in [4.69, 9.17) is 4.74 Å². The molecule has 1 aliphatic rings. The summed E-state index contributed by atoms with van der Waals surface area (Å²) in [7, 11) is 0. The van der Waals surface area contributed by atoms with Crippen LogP contribution in [-0.4, -0.2) is 37.7 Å². The monoisotopic (exact) mass is 256 g/mol. The van der Waals surface area contributed by atoms with Gasteiger partial charge >= 0.3 is 0 Å². The van der Waals surface area contributed by atoms with Crippen molar-refractivity contribution < 1.29 is 9.53 Å². The summed E-state index contributed by atoms with van der Waals surface area (Å²) < 4.78 is 5.46. The summed E-state index contributed by atoms with van der Waals surface area (Å²) in [4.78, 5) is 11.9. The summed E-state index contributed by atoms with van der Waals surface area (Å²) in [6.07, 6.45) is 4.76. The first-order valence-corrected chi connectivity index (χ1v) is 7.21. The normalized spacial score (nSPS) is 18.2. The largest absolute Gasteiger partial charge is 0.380 e. The average Bonchev–Trinajstić information content (AvgIpc) is 2.80. The van der Waals surface area contributed by atoms with Crippen molar-refractivity contribution in [2.45, 2.75) is 58.5 Å². The summed E-state index contributed by atoms with van der Waals surface area (Å²) in [6.45, 7) is 8.35. The molecule has 4 heteroatoms. The molecule has 0 aromatic heterocycles. The molecule has 4 nitrogen and oxygen atoms in total. The van der Waals surface area contributed by atoms with Crippen LogP contribution in [0.3, 0.4) is 0 Å². The minimum Gasteiger partial charge on any atom is -0.380 e. The first-order valence-electron chi connectivity index (χ1n) is 7.21. The van der Waals surface area contributed by atoms with Gasteiger partial charge in [0.15, 0.2) is 0 Å². The number of rotatable bonds is 8. The number of amides is 1. The van der Waals surface area contributed by atoms with E-state index >= 15 is 0 Å². The Morgan fingerprint density at radius 1 is 1.28 bits per heavy atom. The van der Waals surface area contributed by atoms with E-state index in [0.29, 0.717) is 18.6 Å². The predicted molar refractivity (Wildman–Crippen MR) is 73.5 cm³/mol. The molecule has 18 heavy (non-hydrogen) atoms. The van der Waals surface area contributed by atoms with Crippen molar-refractivity contribution in [3.8, 4) is 0 Å². The second-order valence-corrected chi connectivity index (χ2v) is 5.63. The summed E-state index contributed by atoms with van der Waals surface area (Å²) in [6, 6.07) is 0.271. The van der Waals surface area contributed by atoms with Crippen molar-refractivity contribution in [1.29, 1.82) is 0 Å². The van der Waals surface area contributed by atoms with Gasteiger partial charge in [-0.2, -0.15) is 0 Å². The minimum absolute atomic E-state index is 0.116. The molecule has 0 bridgehead atoms. The van der Waals surface area contributed by atoms with Crippen LogP contribution in [-0.2, 0) is 9.53 Å². The van der Waals surface area contributed by atoms with Gasteiger partial charge in [-0.1, -0.05) is 26.7 Å². The molecule has 2 N–H and O–H groups in total. The van der Waals surface area contributed by atoms with Gasteiger partial charge in [-0.25, -0.2) is 0 Å². The maximum atomic E-state index is 11.9. The molecular formula is C14H28N2O2. The lowest BCUT2D eigenvalue weighted by Crippen LogP contribution is -2.46. The lowest BCUT2D eigenvalue weighted by molar-refractivity contribution is -0.123. The van der Waals surface area contributed by atoms with Gasteiger partial charge in [0.25, 0.3) is 0 Å². The van der Waals surface area contributed by atoms with Gasteiger partial charge in [0.05, 0.1) is 12.6 Å². The van der Waals surface area contributed by atoms with Gasteiger partial charge in [0.1, 0.15) is 0 Å². The highest BCUT2D eigenvalue weighted by Crippen LogP contribution is 2.17. The van der Waals surface area contributed by atoms with Crippen LogP contribution in [0.15, 0.2) is 0 Å². The van der Waals surface area contributed by atoms with Gasteiger partial charge in [-0.05, 0) is 25.7 Å². The average molecular weight is 256 g/mol. The van der Waals surface area contributed by atoms with Gasteiger partial charge in [0, 0.05) is 19.2 Å². The molecule has 0 heterocycles. The molecule has 1 saturated carbocycles. The Morgan fingerprint density at radius 2 is 1.94 bits per heavy atom. The Balaban J connectivity index is 2.04. The zero-order valence-corrected chi connectivity index (χ0v) is 12.0. The number of nitrogens with one attached hydrogen (secondary N) is 2. The van der Waals surface area contributed by atoms with Gasteiger partial charge < -0.3 is 15.4 Å². The van der Waals surface area contributed by atoms with E-state index in [9.17, 15) is 4.79 Å². The van der Waals surface area contributed by atoms with Crippen LogP contribution in [0.4, 0.5) is 0 Å². The highest BCUT2D eigenvalue weighted by atomic mass is 16.5. The number of hydrogen-bond acceptors (Lipinski definition) is 3. The van der Waals surface area contributed by atoms with Crippen LogP contribution in [0.5, 0.6) is 0 Å². The molecular weight excluding hydrogens is 228 g/mol. The van der Waals surface area contributed by atoms with E-state index in [-0.39, 0.29) is 11.9 Å².